The van der Waals surface area contributed by atoms with Gasteiger partial charge in [0.15, 0.2) is 0 Å². The van der Waals surface area contributed by atoms with Gasteiger partial charge in [0, 0.05) is 41.8 Å². The molecule has 0 bridgehead atoms. The number of unbranched alkanes of at least 4 members (excludes halogenated alkanes) is 2. The Morgan fingerprint density at radius 3 is 1.35 bits per heavy atom. The van der Waals surface area contributed by atoms with Crippen molar-refractivity contribution in [3.8, 4) is 41.8 Å². The molecular formula is C46H50F2N4S3. The zero-order chi connectivity index (χ0) is 38.6. The number of thiophene rings is 2. The SMILES string of the molecule is CCCCC(CC)Cc1ccc(-c2ccc(-c3c4nsnc4c(-c4ccc(-c5ccc(CC(CC)CCCC)cc5F)s4)c4nc(C)c(C)nc34)s2)c(F)c1. The molecule has 2 unspecified atom stereocenters. The zero-order valence-corrected chi connectivity index (χ0v) is 35.2. The lowest BCUT2D eigenvalue weighted by Gasteiger charge is -2.15. The fourth-order valence-electron chi connectivity index (χ4n) is 7.72. The number of aromatic nitrogens is 4. The molecule has 9 heteroatoms. The van der Waals surface area contributed by atoms with E-state index in [9.17, 15) is 0 Å². The van der Waals surface area contributed by atoms with Crippen LogP contribution in [0.4, 0.5) is 8.78 Å². The van der Waals surface area contributed by atoms with E-state index in [2.05, 4.69) is 39.8 Å². The molecule has 7 aromatic rings. The van der Waals surface area contributed by atoms with Gasteiger partial charge < -0.3 is 0 Å². The number of hydrogen-bond donors (Lipinski definition) is 0. The van der Waals surface area contributed by atoms with Gasteiger partial charge in [-0.25, -0.2) is 18.7 Å². The van der Waals surface area contributed by atoms with Gasteiger partial charge in [-0.2, -0.15) is 8.75 Å². The molecule has 2 atom stereocenters. The highest BCUT2D eigenvalue weighted by Gasteiger charge is 2.25. The van der Waals surface area contributed by atoms with Crippen LogP contribution >= 0.6 is 34.4 Å². The molecule has 0 aliphatic heterocycles. The molecule has 286 valence electrons. The Hall–Kier alpha value is -3.92. The van der Waals surface area contributed by atoms with Crippen LogP contribution in [0.5, 0.6) is 0 Å². The van der Waals surface area contributed by atoms with Crippen molar-refractivity contribution in [2.75, 3.05) is 0 Å². The normalized spacial score (nSPS) is 12.9. The van der Waals surface area contributed by atoms with E-state index in [1.807, 2.05) is 50.2 Å². The van der Waals surface area contributed by atoms with Crippen LogP contribution in [0, 0.1) is 37.3 Å². The number of benzene rings is 3. The minimum atomic E-state index is -0.195. The molecule has 55 heavy (non-hydrogen) atoms. The van der Waals surface area contributed by atoms with E-state index >= 15 is 8.78 Å². The van der Waals surface area contributed by atoms with Crippen molar-refractivity contribution in [1.82, 2.24) is 18.7 Å². The largest absolute Gasteiger partial charge is 0.249 e. The van der Waals surface area contributed by atoms with Gasteiger partial charge >= 0.3 is 0 Å². The first-order valence-electron chi connectivity index (χ1n) is 19.9. The Bertz CT molecular complexity index is 2260. The Morgan fingerprint density at radius 2 is 0.964 bits per heavy atom. The van der Waals surface area contributed by atoms with Crippen LogP contribution in [0.1, 0.15) is 102 Å². The van der Waals surface area contributed by atoms with Crippen molar-refractivity contribution in [1.29, 1.82) is 0 Å². The second kappa shape index (κ2) is 17.5. The molecule has 0 fully saturated rings. The van der Waals surface area contributed by atoms with Crippen LogP contribution in [0.2, 0.25) is 0 Å². The third kappa shape index (κ3) is 8.30. The van der Waals surface area contributed by atoms with Crippen molar-refractivity contribution >= 4 is 56.5 Å². The fraction of sp³-hybridized carbons (Fsp3) is 0.391. The van der Waals surface area contributed by atoms with Gasteiger partial charge in [0.2, 0.25) is 0 Å². The quantitative estimate of drug-likeness (QED) is 0.0978. The fourth-order valence-corrected chi connectivity index (χ4v) is 10.4. The first-order valence-corrected chi connectivity index (χ1v) is 22.3. The van der Waals surface area contributed by atoms with E-state index in [1.54, 1.807) is 12.1 Å². The molecule has 0 saturated carbocycles. The van der Waals surface area contributed by atoms with Gasteiger partial charge in [0.05, 0.1) is 23.1 Å². The average molecular weight is 793 g/mol. The van der Waals surface area contributed by atoms with Gasteiger partial charge in [-0.15, -0.1) is 22.7 Å². The number of nitrogens with zero attached hydrogens (tertiary/aromatic N) is 4. The minimum Gasteiger partial charge on any atom is -0.249 e. The van der Waals surface area contributed by atoms with E-state index in [-0.39, 0.29) is 11.6 Å². The molecule has 4 nitrogen and oxygen atoms in total. The lowest BCUT2D eigenvalue weighted by Crippen LogP contribution is -2.03. The maximum Gasteiger partial charge on any atom is 0.132 e. The number of hydrogen-bond acceptors (Lipinski definition) is 7. The van der Waals surface area contributed by atoms with Crippen molar-refractivity contribution < 1.29 is 8.78 Å². The van der Waals surface area contributed by atoms with E-state index < -0.39 is 0 Å². The summed E-state index contributed by atoms with van der Waals surface area (Å²) in [6.07, 6.45) is 11.1. The third-order valence-electron chi connectivity index (χ3n) is 11.2. The van der Waals surface area contributed by atoms with Crippen molar-refractivity contribution in [3.63, 3.8) is 0 Å². The summed E-state index contributed by atoms with van der Waals surface area (Å²) < 4.78 is 41.2. The number of aryl methyl sites for hydroxylation is 2. The molecule has 0 spiro atoms. The smallest absolute Gasteiger partial charge is 0.132 e. The predicted octanol–water partition coefficient (Wildman–Crippen LogP) is 14.8. The van der Waals surface area contributed by atoms with Crippen LogP contribution in [0.15, 0.2) is 60.7 Å². The van der Waals surface area contributed by atoms with E-state index in [0.29, 0.717) is 23.0 Å². The van der Waals surface area contributed by atoms with Crippen LogP contribution < -0.4 is 0 Å². The number of rotatable bonds is 16. The molecular weight excluding hydrogens is 743 g/mol. The van der Waals surface area contributed by atoms with Crippen LogP contribution in [-0.4, -0.2) is 18.7 Å². The van der Waals surface area contributed by atoms with E-state index in [1.165, 1.54) is 61.2 Å². The summed E-state index contributed by atoms with van der Waals surface area (Å²) in [5.41, 5.74) is 9.64. The summed E-state index contributed by atoms with van der Waals surface area (Å²) in [6, 6.07) is 19.5. The number of fused-ring (bicyclic) bond motifs is 2. The highest BCUT2D eigenvalue weighted by molar-refractivity contribution is 7.19. The lowest BCUT2D eigenvalue weighted by atomic mass is 9.91. The Balaban J connectivity index is 1.25. The molecule has 0 amide bonds. The van der Waals surface area contributed by atoms with Crippen LogP contribution in [0.3, 0.4) is 0 Å². The predicted molar refractivity (Wildman–Crippen MR) is 231 cm³/mol. The Kier molecular flexibility index (Phi) is 12.5. The highest BCUT2D eigenvalue weighted by atomic mass is 32.1. The second-order valence-electron chi connectivity index (χ2n) is 15.0. The van der Waals surface area contributed by atoms with Gasteiger partial charge in [-0.05, 0) is 86.1 Å². The van der Waals surface area contributed by atoms with Gasteiger partial charge in [0.25, 0.3) is 0 Å². The Labute approximate surface area is 336 Å². The highest BCUT2D eigenvalue weighted by Crippen LogP contribution is 2.47. The van der Waals surface area contributed by atoms with E-state index in [0.717, 1.165) is 113 Å². The molecule has 0 radical (unpaired) electrons. The first-order chi connectivity index (χ1) is 26.7. The molecule has 3 aromatic carbocycles. The lowest BCUT2D eigenvalue weighted by molar-refractivity contribution is 0.448. The second-order valence-corrected chi connectivity index (χ2v) is 17.7. The molecule has 4 aromatic heterocycles. The summed E-state index contributed by atoms with van der Waals surface area (Å²) >= 11 is 4.23. The van der Waals surface area contributed by atoms with Crippen LogP contribution in [-0.2, 0) is 12.8 Å². The zero-order valence-electron chi connectivity index (χ0n) is 32.8. The molecule has 0 N–H and O–H groups in total. The summed E-state index contributed by atoms with van der Waals surface area (Å²) in [4.78, 5) is 13.8. The summed E-state index contributed by atoms with van der Waals surface area (Å²) in [6.45, 7) is 12.8. The van der Waals surface area contributed by atoms with Gasteiger partial charge in [0.1, 0.15) is 33.7 Å². The van der Waals surface area contributed by atoms with Crippen molar-refractivity contribution in [2.45, 2.75) is 106 Å². The van der Waals surface area contributed by atoms with Gasteiger partial charge in [-0.3, -0.25) is 0 Å². The third-order valence-corrected chi connectivity index (χ3v) is 14.0. The Morgan fingerprint density at radius 1 is 0.545 bits per heavy atom. The number of halogens is 2. The van der Waals surface area contributed by atoms with Crippen molar-refractivity contribution in [2.24, 2.45) is 11.8 Å². The topological polar surface area (TPSA) is 51.6 Å². The monoisotopic (exact) mass is 792 g/mol. The first kappa shape index (κ1) is 39.3. The molecule has 0 aliphatic carbocycles. The standard InChI is InChI=1S/C46H50F2N4S3/c1-7-11-13-29(9-3)23-31-15-17-33(35(47)25-31)37-19-21-39(53-37)41-43-44(50-28(6)27(5)49-43)42(46-45(41)51-55-52-46)40-22-20-38(54-40)34-18-16-32(26-36(34)48)24-30(10-4)14-12-8-2/h15-22,25-26,29-30H,7-14,23-24H2,1-6H3. The maximum atomic E-state index is 15.8. The minimum absolute atomic E-state index is 0.195. The maximum absolute atomic E-state index is 15.8. The molecule has 4 heterocycles. The summed E-state index contributed by atoms with van der Waals surface area (Å²) in [7, 11) is 0. The average Bonchev–Trinajstić information content (AvgIpc) is 3.97. The molecule has 7 rings (SSSR count). The molecule has 0 saturated heterocycles. The molecule has 0 aliphatic rings. The van der Waals surface area contributed by atoms with Crippen molar-refractivity contribution in [3.05, 3.63) is 94.8 Å². The summed E-state index contributed by atoms with van der Waals surface area (Å²) in [5, 5.41) is 0. The summed E-state index contributed by atoms with van der Waals surface area (Å²) in [5.74, 6) is 0.758. The van der Waals surface area contributed by atoms with E-state index in [4.69, 9.17) is 18.7 Å². The van der Waals surface area contributed by atoms with Gasteiger partial charge in [-0.1, -0.05) is 103 Å². The van der Waals surface area contributed by atoms with Crippen LogP contribution in [0.25, 0.3) is 63.8 Å².